The Morgan fingerprint density at radius 3 is 2.81 bits per heavy atom. The van der Waals surface area contributed by atoms with E-state index in [1.54, 1.807) is 22.3 Å². The zero-order valence-corrected chi connectivity index (χ0v) is 16.9. The van der Waals surface area contributed by atoms with Crippen LogP contribution in [0.5, 0.6) is 0 Å². The monoisotopic (exact) mass is 423 g/mol. The number of anilines is 2. The molecule has 4 aromatic rings. The number of rotatable bonds is 5. The molecule has 2 fully saturated rings. The number of hydrogen-bond acceptors (Lipinski definition) is 8. The number of aromatic nitrogens is 6. The average Bonchev–Trinajstić information content (AvgIpc) is 3.44. The van der Waals surface area contributed by atoms with Gasteiger partial charge in [-0.3, -0.25) is 4.90 Å². The maximum Gasteiger partial charge on any atom is 0.243 e. The molecule has 160 valence electrons. The number of fused-ring (bicyclic) bond motifs is 2. The van der Waals surface area contributed by atoms with Gasteiger partial charge in [0.25, 0.3) is 0 Å². The van der Waals surface area contributed by atoms with E-state index in [-0.39, 0.29) is 6.04 Å². The fourth-order valence-electron chi connectivity index (χ4n) is 4.25. The van der Waals surface area contributed by atoms with Crippen molar-refractivity contribution in [2.75, 3.05) is 44.0 Å². The van der Waals surface area contributed by atoms with Crippen LogP contribution in [0, 0.1) is 0 Å². The van der Waals surface area contributed by atoms with Crippen molar-refractivity contribution < 1.29 is 9.13 Å². The van der Waals surface area contributed by atoms with Crippen molar-refractivity contribution in [2.24, 2.45) is 0 Å². The van der Waals surface area contributed by atoms with Crippen LogP contribution in [0.2, 0.25) is 0 Å². The van der Waals surface area contributed by atoms with Gasteiger partial charge in [-0.2, -0.15) is 10.1 Å². The summed E-state index contributed by atoms with van der Waals surface area (Å²) in [5.41, 5.74) is 3.26. The van der Waals surface area contributed by atoms with E-state index in [2.05, 4.69) is 35.7 Å². The highest BCUT2D eigenvalue weighted by molar-refractivity contribution is 5.87. The number of likely N-dealkylation sites (tertiary alicyclic amines) is 1. The number of ether oxygens (including phenoxy) is 1. The zero-order valence-electron chi connectivity index (χ0n) is 16.9. The lowest BCUT2D eigenvalue weighted by Crippen LogP contribution is -2.48. The van der Waals surface area contributed by atoms with Crippen LogP contribution >= 0.6 is 0 Å². The van der Waals surface area contributed by atoms with Crippen LogP contribution in [0.15, 0.2) is 36.8 Å². The second-order valence-electron chi connectivity index (χ2n) is 7.92. The molecule has 2 saturated heterocycles. The van der Waals surface area contributed by atoms with Gasteiger partial charge in [0.15, 0.2) is 11.5 Å². The maximum atomic E-state index is 14.6. The van der Waals surface area contributed by atoms with Gasteiger partial charge in [0.2, 0.25) is 5.95 Å². The molecule has 0 spiro atoms. The number of halogens is 1. The summed E-state index contributed by atoms with van der Waals surface area (Å²) < 4.78 is 23.3. The molecule has 2 atom stereocenters. The van der Waals surface area contributed by atoms with Crippen molar-refractivity contribution in [2.45, 2.75) is 18.3 Å². The van der Waals surface area contributed by atoms with Gasteiger partial charge >= 0.3 is 0 Å². The van der Waals surface area contributed by atoms with E-state index in [1.807, 2.05) is 30.6 Å². The van der Waals surface area contributed by atoms with Crippen LogP contribution in [-0.4, -0.2) is 85.7 Å². The highest BCUT2D eigenvalue weighted by Gasteiger charge is 2.39. The molecule has 0 aromatic carbocycles. The molecule has 11 heteroatoms. The van der Waals surface area contributed by atoms with E-state index in [0.717, 1.165) is 22.4 Å². The van der Waals surface area contributed by atoms with Crippen molar-refractivity contribution in [3.05, 3.63) is 36.8 Å². The first-order chi connectivity index (χ1) is 15.2. The van der Waals surface area contributed by atoms with E-state index in [0.29, 0.717) is 44.1 Å². The number of alkyl halides is 1. The lowest BCUT2D eigenvalue weighted by atomic mass is 10.2. The third-order valence-electron chi connectivity index (χ3n) is 6.01. The SMILES string of the molecule is CNc1nc(N[C@@H]2CN(C3COC3)C[C@@H]2F)nn2ccc(-c3ccc4nccn4n3)c12. The Labute approximate surface area is 177 Å². The standard InChI is InChI=1S/C20H22FN9O/c1-22-19-18-13(15-2-3-17-23-5-7-29(17)26-15)4-6-30(18)27-20(25-19)24-16-9-28(8-14(16)21)12-10-31-11-12/h2-7,12,14,16H,8-11H2,1H3,(H2,22,24,25,27)/t14-,16+/m0/s1. The van der Waals surface area contributed by atoms with Crippen LogP contribution in [0.25, 0.3) is 22.4 Å². The summed E-state index contributed by atoms with van der Waals surface area (Å²) in [5, 5.41) is 15.5. The highest BCUT2D eigenvalue weighted by Crippen LogP contribution is 2.29. The van der Waals surface area contributed by atoms with Gasteiger partial charge < -0.3 is 15.4 Å². The van der Waals surface area contributed by atoms with Crippen LogP contribution in [0.3, 0.4) is 0 Å². The number of nitrogens with zero attached hydrogens (tertiary/aromatic N) is 7. The van der Waals surface area contributed by atoms with Gasteiger partial charge in [-0.05, 0) is 18.2 Å². The molecular formula is C20H22FN9O. The predicted octanol–water partition coefficient (Wildman–Crippen LogP) is 1.31. The van der Waals surface area contributed by atoms with E-state index in [9.17, 15) is 4.39 Å². The summed E-state index contributed by atoms with van der Waals surface area (Å²) >= 11 is 0. The van der Waals surface area contributed by atoms with E-state index in [4.69, 9.17) is 4.74 Å². The molecule has 0 saturated carbocycles. The largest absolute Gasteiger partial charge is 0.378 e. The maximum absolute atomic E-state index is 14.6. The van der Waals surface area contributed by atoms with Gasteiger partial charge in [-0.15, -0.1) is 5.10 Å². The molecule has 2 aliphatic rings. The first kappa shape index (κ1) is 18.5. The molecule has 0 unspecified atom stereocenters. The van der Waals surface area contributed by atoms with E-state index < -0.39 is 6.17 Å². The van der Waals surface area contributed by atoms with Crippen LogP contribution in [-0.2, 0) is 4.74 Å². The normalized spacial score (nSPS) is 22.3. The summed E-state index contributed by atoms with van der Waals surface area (Å²) in [6, 6.07) is 5.75. The van der Waals surface area contributed by atoms with Gasteiger partial charge in [-0.1, -0.05) is 0 Å². The lowest BCUT2D eigenvalue weighted by Gasteiger charge is -2.34. The highest BCUT2D eigenvalue weighted by atomic mass is 19.1. The number of hydrogen-bond donors (Lipinski definition) is 2. The molecule has 31 heavy (non-hydrogen) atoms. The summed E-state index contributed by atoms with van der Waals surface area (Å²) in [7, 11) is 1.81. The molecule has 2 N–H and O–H groups in total. The molecule has 4 aromatic heterocycles. The Morgan fingerprint density at radius 1 is 1.10 bits per heavy atom. The second-order valence-corrected chi connectivity index (χ2v) is 7.92. The van der Waals surface area contributed by atoms with Crippen molar-refractivity contribution in [1.29, 1.82) is 0 Å². The Balaban J connectivity index is 1.32. The van der Waals surface area contributed by atoms with Gasteiger partial charge in [0, 0.05) is 44.3 Å². The van der Waals surface area contributed by atoms with Crippen molar-refractivity contribution >= 4 is 22.9 Å². The molecule has 0 amide bonds. The fraction of sp³-hybridized carbons (Fsp3) is 0.400. The molecule has 0 bridgehead atoms. The van der Waals surface area contributed by atoms with Crippen LogP contribution < -0.4 is 10.6 Å². The molecule has 6 heterocycles. The Hall–Kier alpha value is -3.31. The molecular weight excluding hydrogens is 401 g/mol. The van der Waals surface area contributed by atoms with Gasteiger partial charge in [-0.25, -0.2) is 18.4 Å². The first-order valence-electron chi connectivity index (χ1n) is 10.3. The Morgan fingerprint density at radius 2 is 2.00 bits per heavy atom. The molecule has 10 nitrogen and oxygen atoms in total. The van der Waals surface area contributed by atoms with Gasteiger partial charge in [0.05, 0.1) is 31.0 Å². The quantitative estimate of drug-likeness (QED) is 0.496. The second kappa shape index (κ2) is 7.13. The predicted molar refractivity (Wildman–Crippen MR) is 113 cm³/mol. The van der Waals surface area contributed by atoms with E-state index in [1.165, 1.54) is 0 Å². The third-order valence-corrected chi connectivity index (χ3v) is 6.01. The fourth-order valence-corrected chi connectivity index (χ4v) is 4.25. The van der Waals surface area contributed by atoms with Crippen molar-refractivity contribution in [3.63, 3.8) is 0 Å². The number of imidazole rings is 1. The topological polar surface area (TPSA) is 96.9 Å². The summed E-state index contributed by atoms with van der Waals surface area (Å²) in [5.74, 6) is 1.03. The smallest absolute Gasteiger partial charge is 0.243 e. The number of nitrogens with one attached hydrogen (secondary N) is 2. The minimum atomic E-state index is -0.982. The van der Waals surface area contributed by atoms with Crippen molar-refractivity contribution in [3.8, 4) is 11.3 Å². The first-order valence-corrected chi connectivity index (χ1v) is 10.3. The van der Waals surface area contributed by atoms with Gasteiger partial charge in [0.1, 0.15) is 11.7 Å². The van der Waals surface area contributed by atoms with E-state index >= 15 is 0 Å². The molecule has 0 aliphatic carbocycles. The molecule has 0 radical (unpaired) electrons. The van der Waals surface area contributed by atoms with Crippen LogP contribution in [0.1, 0.15) is 0 Å². The Kier molecular flexibility index (Phi) is 4.25. The Bertz CT molecular complexity index is 1250. The molecule has 6 rings (SSSR count). The minimum absolute atomic E-state index is 0.314. The summed E-state index contributed by atoms with van der Waals surface area (Å²) in [6.07, 6.45) is 4.40. The van der Waals surface area contributed by atoms with Crippen LogP contribution in [0.4, 0.5) is 16.2 Å². The van der Waals surface area contributed by atoms with Crippen molar-refractivity contribution in [1.82, 2.24) is 34.1 Å². The summed E-state index contributed by atoms with van der Waals surface area (Å²) in [4.78, 5) is 11.0. The minimum Gasteiger partial charge on any atom is -0.378 e. The molecule has 2 aliphatic heterocycles. The average molecular weight is 423 g/mol. The lowest BCUT2D eigenvalue weighted by molar-refractivity contribution is -0.0585. The summed E-state index contributed by atoms with van der Waals surface area (Å²) in [6.45, 7) is 2.37. The third kappa shape index (κ3) is 3.08. The zero-order chi connectivity index (χ0) is 20.9.